The summed E-state index contributed by atoms with van der Waals surface area (Å²) in [5.41, 5.74) is 2.46. The third kappa shape index (κ3) is 3.45. The molecule has 104 valence electrons. The molecule has 0 aromatic heterocycles. The molecule has 3 heteroatoms. The molecule has 0 nitrogen and oxygen atoms in total. The summed E-state index contributed by atoms with van der Waals surface area (Å²) in [6.07, 6.45) is 6.07. The van der Waals surface area contributed by atoms with Gasteiger partial charge in [-0.25, -0.2) is 8.78 Å². The van der Waals surface area contributed by atoms with Gasteiger partial charge in [0.15, 0.2) is 0 Å². The van der Waals surface area contributed by atoms with E-state index >= 15 is 0 Å². The van der Waals surface area contributed by atoms with Crippen molar-refractivity contribution in [2.75, 3.05) is 0 Å². The summed E-state index contributed by atoms with van der Waals surface area (Å²) in [6, 6.07) is 10.2. The first-order valence-electron chi connectivity index (χ1n) is 6.47. The molecule has 20 heavy (non-hydrogen) atoms. The molecule has 0 radical (unpaired) electrons. The van der Waals surface area contributed by atoms with Crippen LogP contribution in [0.4, 0.5) is 8.78 Å². The Bertz CT molecular complexity index is 592. The normalized spacial score (nSPS) is 11.2. The van der Waals surface area contributed by atoms with Crippen molar-refractivity contribution in [2.45, 2.75) is 19.8 Å². The summed E-state index contributed by atoms with van der Waals surface area (Å²) in [4.78, 5) is 0. The molecule has 0 N–H and O–H groups in total. The van der Waals surface area contributed by atoms with Gasteiger partial charge < -0.3 is 0 Å². The van der Waals surface area contributed by atoms with Crippen LogP contribution in [0.25, 0.3) is 11.1 Å². The van der Waals surface area contributed by atoms with Crippen molar-refractivity contribution < 1.29 is 8.78 Å². The van der Waals surface area contributed by atoms with Crippen LogP contribution in [0.15, 0.2) is 48.6 Å². The Morgan fingerprint density at radius 2 is 1.60 bits per heavy atom. The molecule has 0 aliphatic carbocycles. The average Bonchev–Trinajstić information content (AvgIpc) is 2.45. The van der Waals surface area contributed by atoms with E-state index in [2.05, 4.69) is 6.08 Å². The van der Waals surface area contributed by atoms with Gasteiger partial charge in [0.25, 0.3) is 0 Å². The average molecular weight is 293 g/mol. The molecule has 0 saturated heterocycles. The van der Waals surface area contributed by atoms with Crippen LogP contribution in [0.3, 0.4) is 0 Å². The summed E-state index contributed by atoms with van der Waals surface area (Å²) < 4.78 is 26.9. The summed E-state index contributed by atoms with van der Waals surface area (Å²) in [5.74, 6) is -1.47. The number of allylic oxidation sites excluding steroid dienone is 2. The SMILES string of the molecule is CC=CCCc1ccc(-c2cc(F)c(Cl)c(F)c2)cc1. The van der Waals surface area contributed by atoms with E-state index in [0.717, 1.165) is 18.4 Å². The Kier molecular flexibility index (Phi) is 4.91. The summed E-state index contributed by atoms with van der Waals surface area (Å²) >= 11 is 5.48. The predicted octanol–water partition coefficient (Wildman–Crippen LogP) is 5.79. The van der Waals surface area contributed by atoms with Gasteiger partial charge in [0.2, 0.25) is 0 Å². The van der Waals surface area contributed by atoms with E-state index in [9.17, 15) is 8.78 Å². The van der Waals surface area contributed by atoms with Crippen LogP contribution in [0, 0.1) is 11.6 Å². The molecule has 0 spiro atoms. The van der Waals surface area contributed by atoms with Gasteiger partial charge in [-0.2, -0.15) is 0 Å². The summed E-state index contributed by atoms with van der Waals surface area (Å²) in [6.45, 7) is 1.99. The monoisotopic (exact) mass is 292 g/mol. The van der Waals surface area contributed by atoms with Crippen LogP contribution in [0.1, 0.15) is 18.9 Å². The third-order valence-corrected chi connectivity index (χ3v) is 3.47. The van der Waals surface area contributed by atoms with E-state index in [4.69, 9.17) is 11.6 Å². The van der Waals surface area contributed by atoms with E-state index in [1.54, 1.807) is 0 Å². The first-order valence-corrected chi connectivity index (χ1v) is 6.84. The van der Waals surface area contributed by atoms with E-state index in [1.807, 2.05) is 37.3 Å². The van der Waals surface area contributed by atoms with Crippen molar-refractivity contribution in [3.05, 3.63) is 70.8 Å². The largest absolute Gasteiger partial charge is 0.205 e. The lowest BCUT2D eigenvalue weighted by atomic mass is 10.0. The lowest BCUT2D eigenvalue weighted by molar-refractivity contribution is 0.585. The number of halogens is 3. The van der Waals surface area contributed by atoms with Crippen molar-refractivity contribution in [1.29, 1.82) is 0 Å². The molecular weight excluding hydrogens is 278 g/mol. The molecule has 0 aliphatic rings. The quantitative estimate of drug-likeness (QED) is 0.494. The molecule has 0 heterocycles. The maximum atomic E-state index is 13.4. The maximum absolute atomic E-state index is 13.4. The molecule has 0 bridgehead atoms. The van der Waals surface area contributed by atoms with Crippen LogP contribution < -0.4 is 0 Å². The van der Waals surface area contributed by atoms with Crippen LogP contribution in [0.2, 0.25) is 5.02 Å². The second-order valence-corrected chi connectivity index (χ2v) is 4.94. The Morgan fingerprint density at radius 1 is 1.00 bits per heavy atom. The first-order chi connectivity index (χ1) is 9.61. The third-order valence-electron chi connectivity index (χ3n) is 3.11. The Morgan fingerprint density at radius 3 is 2.15 bits per heavy atom. The highest BCUT2D eigenvalue weighted by Crippen LogP contribution is 2.27. The van der Waals surface area contributed by atoms with Gasteiger partial charge in [-0.3, -0.25) is 0 Å². The van der Waals surface area contributed by atoms with E-state index in [0.29, 0.717) is 5.56 Å². The fraction of sp³-hybridized carbons (Fsp3) is 0.176. The fourth-order valence-electron chi connectivity index (χ4n) is 2.00. The Balaban J connectivity index is 2.21. The van der Waals surface area contributed by atoms with Crippen LogP contribution in [0.5, 0.6) is 0 Å². The van der Waals surface area contributed by atoms with Crippen molar-refractivity contribution >= 4 is 11.6 Å². The van der Waals surface area contributed by atoms with Gasteiger partial charge in [-0.15, -0.1) is 0 Å². The highest BCUT2D eigenvalue weighted by atomic mass is 35.5. The molecule has 2 aromatic rings. The van der Waals surface area contributed by atoms with Crippen molar-refractivity contribution in [3.8, 4) is 11.1 Å². The number of benzene rings is 2. The zero-order valence-corrected chi connectivity index (χ0v) is 11.9. The molecule has 0 atom stereocenters. The summed E-state index contributed by atoms with van der Waals surface area (Å²) in [7, 11) is 0. The van der Waals surface area contributed by atoms with Crippen LogP contribution >= 0.6 is 11.6 Å². The molecule has 0 amide bonds. The van der Waals surface area contributed by atoms with Gasteiger partial charge >= 0.3 is 0 Å². The molecule has 0 unspecified atom stereocenters. The Hall–Kier alpha value is -1.67. The molecule has 2 rings (SSSR count). The van der Waals surface area contributed by atoms with Crippen LogP contribution in [-0.4, -0.2) is 0 Å². The van der Waals surface area contributed by atoms with E-state index < -0.39 is 16.7 Å². The first kappa shape index (κ1) is 14.7. The van der Waals surface area contributed by atoms with Crippen molar-refractivity contribution in [2.24, 2.45) is 0 Å². The smallest absolute Gasteiger partial charge is 0.145 e. The van der Waals surface area contributed by atoms with E-state index in [-0.39, 0.29) is 0 Å². The standard InChI is InChI=1S/C17H15ClF2/c1-2-3-4-5-12-6-8-13(9-7-12)14-10-15(19)17(18)16(20)11-14/h2-3,6-11H,4-5H2,1H3. The lowest BCUT2D eigenvalue weighted by Gasteiger charge is -2.06. The van der Waals surface area contributed by atoms with Crippen molar-refractivity contribution in [1.82, 2.24) is 0 Å². The van der Waals surface area contributed by atoms with Crippen LogP contribution in [-0.2, 0) is 6.42 Å². The molecule has 0 aliphatic heterocycles. The van der Waals surface area contributed by atoms with Gasteiger partial charge in [-0.05, 0) is 48.6 Å². The number of hydrogen-bond donors (Lipinski definition) is 0. The lowest BCUT2D eigenvalue weighted by Crippen LogP contribution is -1.88. The minimum atomic E-state index is -0.737. The zero-order chi connectivity index (χ0) is 14.5. The Labute approximate surface area is 122 Å². The second-order valence-electron chi connectivity index (χ2n) is 4.56. The molecule has 0 saturated carbocycles. The summed E-state index contributed by atoms with van der Waals surface area (Å²) in [5, 5.41) is -0.461. The second kappa shape index (κ2) is 6.67. The topological polar surface area (TPSA) is 0 Å². The highest BCUT2D eigenvalue weighted by Gasteiger charge is 2.09. The number of hydrogen-bond acceptors (Lipinski definition) is 0. The van der Waals surface area contributed by atoms with E-state index in [1.165, 1.54) is 17.7 Å². The minimum absolute atomic E-state index is 0.461. The maximum Gasteiger partial charge on any atom is 0.145 e. The number of rotatable bonds is 4. The van der Waals surface area contributed by atoms with Gasteiger partial charge in [-0.1, -0.05) is 48.0 Å². The number of aryl methyl sites for hydroxylation is 1. The van der Waals surface area contributed by atoms with Gasteiger partial charge in [0.1, 0.15) is 16.7 Å². The highest BCUT2D eigenvalue weighted by molar-refractivity contribution is 6.31. The molecule has 2 aromatic carbocycles. The molecular formula is C17H15ClF2. The predicted molar refractivity (Wildman–Crippen MR) is 79.9 cm³/mol. The fourth-order valence-corrected chi connectivity index (χ4v) is 2.11. The molecule has 0 fully saturated rings. The zero-order valence-electron chi connectivity index (χ0n) is 11.2. The van der Waals surface area contributed by atoms with Gasteiger partial charge in [0, 0.05) is 0 Å². The van der Waals surface area contributed by atoms with Gasteiger partial charge in [0.05, 0.1) is 0 Å². The van der Waals surface area contributed by atoms with Crippen molar-refractivity contribution in [3.63, 3.8) is 0 Å². The minimum Gasteiger partial charge on any atom is -0.205 e.